The minimum absolute atomic E-state index is 0.0697. The fraction of sp³-hybridized carbons (Fsp3) is 0.400. The fourth-order valence-electron chi connectivity index (χ4n) is 6.03. The number of piperidine rings is 1. The van der Waals surface area contributed by atoms with E-state index in [0.717, 1.165) is 17.5 Å². The maximum Gasteiger partial charge on any atom is 0.429 e. The molecule has 0 bridgehead atoms. The van der Waals surface area contributed by atoms with E-state index in [9.17, 15) is 18.0 Å². The van der Waals surface area contributed by atoms with E-state index in [0.29, 0.717) is 49.6 Å². The van der Waals surface area contributed by atoms with E-state index in [-0.39, 0.29) is 45.4 Å². The second-order valence-electron chi connectivity index (χ2n) is 11.1. The van der Waals surface area contributed by atoms with Gasteiger partial charge in [0.2, 0.25) is 17.9 Å². The molecule has 2 atom stereocenters. The van der Waals surface area contributed by atoms with Crippen LogP contribution in [0.25, 0.3) is 21.3 Å². The monoisotopic (exact) mass is 646 g/mol. The molecule has 0 saturated carbocycles. The molecule has 2 saturated heterocycles. The van der Waals surface area contributed by atoms with Gasteiger partial charge in [-0.2, -0.15) is 23.1 Å². The molecule has 14 heteroatoms. The summed E-state index contributed by atoms with van der Waals surface area (Å²) in [6.45, 7) is 3.96. The summed E-state index contributed by atoms with van der Waals surface area (Å²) in [5.74, 6) is -0.366. The molecule has 232 valence electrons. The van der Waals surface area contributed by atoms with Gasteiger partial charge in [-0.1, -0.05) is 23.7 Å². The zero-order chi connectivity index (χ0) is 31.1. The van der Waals surface area contributed by atoms with E-state index in [2.05, 4.69) is 20.3 Å². The Morgan fingerprint density at radius 2 is 2.00 bits per heavy atom. The Morgan fingerprint density at radius 3 is 2.75 bits per heavy atom. The highest BCUT2D eigenvalue weighted by atomic mass is 35.5. The van der Waals surface area contributed by atoms with Crippen LogP contribution in [0.5, 0.6) is 5.88 Å². The number of fused-ring (bicyclic) bond motifs is 1. The van der Waals surface area contributed by atoms with Gasteiger partial charge < -0.3 is 25.4 Å². The molecule has 2 aromatic carbocycles. The fourth-order valence-corrected chi connectivity index (χ4v) is 6.86. The molecule has 9 nitrogen and oxygen atoms in total. The van der Waals surface area contributed by atoms with Crippen molar-refractivity contribution in [3.63, 3.8) is 0 Å². The predicted octanol–water partition coefficient (Wildman–Crippen LogP) is 6.18. The van der Waals surface area contributed by atoms with Gasteiger partial charge in [0.05, 0.1) is 22.3 Å². The van der Waals surface area contributed by atoms with Crippen LogP contribution < -0.4 is 20.7 Å². The van der Waals surface area contributed by atoms with Crippen molar-refractivity contribution in [3.8, 4) is 17.0 Å². The molecule has 1 spiro atoms. The quantitative estimate of drug-likeness (QED) is 0.227. The van der Waals surface area contributed by atoms with E-state index in [1.54, 1.807) is 24.6 Å². The number of nitrogen functional groups attached to an aromatic ring is 1. The van der Waals surface area contributed by atoms with Gasteiger partial charge >= 0.3 is 12.1 Å². The van der Waals surface area contributed by atoms with Crippen LogP contribution in [0, 0.1) is 5.41 Å². The predicted molar refractivity (Wildman–Crippen MR) is 163 cm³/mol. The number of hydrogen-bond donors (Lipinski definition) is 2. The highest BCUT2D eigenvalue weighted by Gasteiger charge is 2.46. The lowest BCUT2D eigenvalue weighted by Gasteiger charge is -2.39. The number of nitrogens with zero attached hydrogens (tertiary/aromatic N) is 4. The van der Waals surface area contributed by atoms with Crippen molar-refractivity contribution in [1.82, 2.24) is 20.3 Å². The van der Waals surface area contributed by atoms with E-state index in [1.165, 1.54) is 35.6 Å². The van der Waals surface area contributed by atoms with E-state index in [4.69, 9.17) is 26.8 Å². The smallest absolute Gasteiger partial charge is 0.429 e. The molecule has 0 amide bonds. The van der Waals surface area contributed by atoms with Crippen LogP contribution in [0.15, 0.2) is 48.0 Å². The van der Waals surface area contributed by atoms with Gasteiger partial charge in [-0.15, -0.1) is 11.3 Å². The molecule has 44 heavy (non-hydrogen) atoms. The van der Waals surface area contributed by atoms with Gasteiger partial charge in [0, 0.05) is 36.3 Å². The van der Waals surface area contributed by atoms with Crippen LogP contribution >= 0.6 is 22.9 Å². The lowest BCUT2D eigenvalue weighted by atomic mass is 9.76. The Morgan fingerprint density at radius 1 is 1.20 bits per heavy atom. The SMILES string of the molecule is CCOC(=O)[C@@H]1CC2(CCN(c3cc(O[C@H](c4ccc(Cl)cc4-c4ccc5scnc5c4)C(F)(F)F)nc(N)n3)CC2)CN1. The molecule has 0 unspecified atom stereocenters. The van der Waals surface area contributed by atoms with Gasteiger partial charge in [-0.05, 0) is 67.0 Å². The van der Waals surface area contributed by atoms with E-state index < -0.39 is 12.3 Å². The number of ether oxygens (including phenoxy) is 2. The summed E-state index contributed by atoms with van der Waals surface area (Å²) in [6.07, 6.45) is -4.96. The Kier molecular flexibility index (Phi) is 8.29. The van der Waals surface area contributed by atoms with Crippen molar-refractivity contribution in [3.05, 3.63) is 58.6 Å². The Balaban J connectivity index is 1.24. The van der Waals surface area contributed by atoms with Gasteiger partial charge in [0.25, 0.3) is 0 Å². The summed E-state index contributed by atoms with van der Waals surface area (Å²) >= 11 is 7.69. The second kappa shape index (κ2) is 12.0. The summed E-state index contributed by atoms with van der Waals surface area (Å²) in [6, 6.07) is 10.5. The first kappa shape index (κ1) is 30.4. The molecule has 0 aliphatic carbocycles. The molecule has 6 rings (SSSR count). The maximum absolute atomic E-state index is 14.7. The van der Waals surface area contributed by atoms with Crippen molar-refractivity contribution in [2.45, 2.75) is 44.5 Å². The first-order valence-electron chi connectivity index (χ1n) is 14.2. The number of esters is 1. The van der Waals surface area contributed by atoms with Gasteiger partial charge in [0.15, 0.2) is 0 Å². The van der Waals surface area contributed by atoms with Crippen LogP contribution in [-0.4, -0.2) is 59.4 Å². The summed E-state index contributed by atoms with van der Waals surface area (Å²) < 4.78 is 55.7. The van der Waals surface area contributed by atoms with Crippen molar-refractivity contribution >= 4 is 50.9 Å². The van der Waals surface area contributed by atoms with E-state index in [1.807, 2.05) is 11.0 Å². The van der Waals surface area contributed by atoms with Crippen LogP contribution in [0.2, 0.25) is 5.02 Å². The number of thiazole rings is 1. The lowest BCUT2D eigenvalue weighted by molar-refractivity contribution is -0.198. The van der Waals surface area contributed by atoms with Crippen molar-refractivity contribution in [2.24, 2.45) is 5.41 Å². The van der Waals surface area contributed by atoms with Crippen LogP contribution in [-0.2, 0) is 9.53 Å². The summed E-state index contributed by atoms with van der Waals surface area (Å²) in [4.78, 5) is 26.8. The number of rotatable bonds is 7. The Labute approximate surface area is 260 Å². The normalized spacial score (nSPS) is 18.9. The number of hydrogen-bond acceptors (Lipinski definition) is 10. The summed E-state index contributed by atoms with van der Waals surface area (Å²) in [5.41, 5.74) is 8.92. The van der Waals surface area contributed by atoms with Crippen LogP contribution in [0.1, 0.15) is 37.9 Å². The molecule has 4 heterocycles. The van der Waals surface area contributed by atoms with Crippen molar-refractivity contribution in [1.29, 1.82) is 0 Å². The van der Waals surface area contributed by atoms with Crippen molar-refractivity contribution in [2.75, 3.05) is 36.9 Å². The Hall–Kier alpha value is -3.68. The highest BCUT2D eigenvalue weighted by Crippen LogP contribution is 2.44. The van der Waals surface area contributed by atoms with Crippen LogP contribution in [0.3, 0.4) is 0 Å². The molecule has 2 aromatic heterocycles. The number of halogens is 4. The summed E-state index contributed by atoms with van der Waals surface area (Å²) in [7, 11) is 0. The van der Waals surface area contributed by atoms with E-state index >= 15 is 0 Å². The standard InChI is InChI=1S/C30H30ClF3N6O3S/c1-2-42-27(41)22-14-29(15-36-22)7-9-40(10-8-29)24-13-25(39-28(35)38-24)43-26(30(32,33)34)19-5-4-18(31)12-20(19)17-3-6-23-21(11-17)37-16-44-23/h3-6,11-13,16,22,26,36H,2,7-10,14-15H2,1H3,(H2,35,38,39)/t22-,26+/m0/s1. The minimum atomic E-state index is -4.80. The number of alkyl halides is 3. The zero-order valence-electron chi connectivity index (χ0n) is 23.7. The molecule has 4 aromatic rings. The second-order valence-corrected chi connectivity index (χ2v) is 12.4. The molecular weight excluding hydrogens is 617 g/mol. The van der Waals surface area contributed by atoms with Gasteiger partial charge in [-0.3, -0.25) is 4.79 Å². The number of nitrogens with two attached hydrogens (primary N) is 1. The molecule has 2 aliphatic rings. The maximum atomic E-state index is 14.7. The molecule has 2 fully saturated rings. The zero-order valence-corrected chi connectivity index (χ0v) is 25.3. The third-order valence-electron chi connectivity index (χ3n) is 8.26. The average Bonchev–Trinajstić information content (AvgIpc) is 3.63. The number of anilines is 2. The molecule has 0 radical (unpaired) electrons. The first-order valence-corrected chi connectivity index (χ1v) is 15.5. The number of carbonyl (C=O) groups is 1. The number of benzene rings is 2. The molecule has 3 N–H and O–H groups in total. The third-order valence-corrected chi connectivity index (χ3v) is 9.31. The number of aromatic nitrogens is 3. The first-order chi connectivity index (χ1) is 21.0. The lowest BCUT2D eigenvalue weighted by Crippen LogP contribution is -2.41. The third kappa shape index (κ3) is 6.26. The number of carbonyl (C=O) groups excluding carboxylic acids is 1. The number of nitrogens with one attached hydrogen (secondary N) is 1. The largest absolute Gasteiger partial charge is 0.465 e. The average molecular weight is 647 g/mol. The topological polar surface area (TPSA) is 115 Å². The molecular formula is C30H30ClF3N6O3S. The Bertz CT molecular complexity index is 1680. The molecule has 2 aliphatic heterocycles. The van der Waals surface area contributed by atoms with Crippen molar-refractivity contribution < 1.29 is 27.4 Å². The van der Waals surface area contributed by atoms with Crippen LogP contribution in [0.4, 0.5) is 24.9 Å². The summed E-state index contributed by atoms with van der Waals surface area (Å²) in [5, 5.41) is 3.56. The van der Waals surface area contributed by atoms with Gasteiger partial charge in [0.1, 0.15) is 11.9 Å². The van der Waals surface area contributed by atoms with Gasteiger partial charge in [-0.25, -0.2) is 4.98 Å². The minimum Gasteiger partial charge on any atom is -0.465 e. The highest BCUT2D eigenvalue weighted by molar-refractivity contribution is 7.16.